The molecular formula is C82H85F3N14O18S. The van der Waals surface area contributed by atoms with Gasteiger partial charge in [0.05, 0.1) is 75.5 Å². The molecule has 0 atom stereocenters. The third-order valence-corrected chi connectivity index (χ3v) is 19.8. The standard InChI is InChI=1S/C24H28N4O4.C21H24N4O2.C19H16F3N3O7S.C18H17N3O5/c1-3-31-24(30)20-21(27-18-12-8-5-9-13-18)19-16(2)25-15-26-22(19)28(23(20)29)32-14-17-10-6-4-7-11-17;1-15-20-18(24-17-10-6-3-7-11-17)12-19(26)25(21(20)23-14-22-15)27-13-16-8-4-2-5-9-16;1-3-30-18(27)14-15(32-33(28,29)19(20,21)22)13-11(2)23-10-24-16(13)25(17(14)26)31-9-12-7-5-4-6-8-12;1-3-25-18(24)14-15(22)13-11(2)19-10-20-16(13)21(17(14)23)26-9-12-7-5-4-6-8-12/h4,6-7,10-11,15,18,27H,3,5,8-9,12-14H2,1-2H3;2,4-5,8-9,12,14,17,24H,3,6-7,10-11,13H2,1H3;4-8,10H,3,9H2,1-2H3;4-8,10,22H,3,9H2,1-2H3. The van der Waals surface area contributed by atoms with Crippen molar-refractivity contribution in [3.8, 4) is 11.5 Å². The Morgan fingerprint density at radius 2 is 0.771 bits per heavy atom. The van der Waals surface area contributed by atoms with Crippen LogP contribution in [0, 0.1) is 27.7 Å². The van der Waals surface area contributed by atoms with Crippen LogP contribution >= 0.6 is 0 Å². The summed E-state index contributed by atoms with van der Waals surface area (Å²) in [6.07, 6.45) is 16.5. The highest BCUT2D eigenvalue weighted by atomic mass is 32.2. The molecular weight excluding hydrogens is 1560 g/mol. The van der Waals surface area contributed by atoms with Crippen LogP contribution in [0.25, 0.3) is 44.1 Å². The van der Waals surface area contributed by atoms with Gasteiger partial charge < -0.3 is 53.5 Å². The maximum Gasteiger partial charge on any atom is 0.534 e. The van der Waals surface area contributed by atoms with Gasteiger partial charge in [-0.05, 0) is 96.4 Å². The van der Waals surface area contributed by atoms with Crippen LogP contribution in [-0.2, 0) is 50.8 Å². The molecule has 2 aliphatic carbocycles. The Morgan fingerprint density at radius 3 is 1.19 bits per heavy atom. The molecule has 0 aliphatic heterocycles. The van der Waals surface area contributed by atoms with Crippen LogP contribution in [0.2, 0.25) is 0 Å². The van der Waals surface area contributed by atoms with Gasteiger partial charge in [-0.25, -0.2) is 54.3 Å². The normalized spacial score (nSPS) is 13.0. The number of pyridine rings is 4. The van der Waals surface area contributed by atoms with Gasteiger partial charge in [-0.15, -0.1) is 18.9 Å². The van der Waals surface area contributed by atoms with Gasteiger partial charge >= 0.3 is 50.2 Å². The van der Waals surface area contributed by atoms with E-state index < -0.39 is 83.9 Å². The third kappa shape index (κ3) is 20.1. The predicted octanol–water partition coefficient (Wildman–Crippen LogP) is 10.9. The SMILES string of the molecule is CCOC(=O)c1c(NC2CCCCC2)c2c(C)ncnc2n(OCc2ccccc2)c1=O.CCOC(=O)c1c(O)c2c(C)ncnc2n(OCc2ccccc2)c1=O.CCOC(=O)c1c(OS(=O)(=O)C(F)(F)F)c2c(C)ncnc2n(OCc2ccccc2)c1=O.Cc1ncnc2c1c(NC1CCCCC1)cc(=O)n2OCc1ccccc1. The average Bonchev–Trinajstić information content (AvgIpc) is 0.750. The van der Waals surface area contributed by atoms with Gasteiger partial charge in [0.25, 0.3) is 5.56 Å². The minimum atomic E-state index is -6.27. The topological polar surface area (TPSA) is 395 Å². The van der Waals surface area contributed by atoms with E-state index in [-0.39, 0.29) is 73.5 Å². The number of nitrogens with one attached hydrogen (secondary N) is 2. The van der Waals surface area contributed by atoms with Crippen molar-refractivity contribution in [2.75, 3.05) is 30.5 Å². The second-order valence-electron chi connectivity index (χ2n) is 26.9. The van der Waals surface area contributed by atoms with Gasteiger partial charge in [-0.2, -0.15) is 21.6 Å². The molecule has 0 spiro atoms. The number of alkyl halides is 3. The van der Waals surface area contributed by atoms with Crippen molar-refractivity contribution >= 4 is 83.5 Å². The van der Waals surface area contributed by atoms with Gasteiger partial charge in [0.1, 0.15) is 57.5 Å². The highest BCUT2D eigenvalue weighted by Gasteiger charge is 2.50. The van der Waals surface area contributed by atoms with E-state index in [0.717, 1.165) is 87.8 Å². The summed E-state index contributed by atoms with van der Waals surface area (Å²) in [5.41, 5.74) is -3.70. The van der Waals surface area contributed by atoms with Gasteiger partial charge in [-0.3, -0.25) is 19.2 Å². The Bertz CT molecular complexity index is 5960. The second kappa shape index (κ2) is 39.3. The Labute approximate surface area is 672 Å². The first-order valence-corrected chi connectivity index (χ1v) is 39.3. The number of carbonyl (C=O) groups excluding carboxylic acids is 3. The van der Waals surface area contributed by atoms with Crippen molar-refractivity contribution < 1.29 is 78.8 Å². The highest BCUT2D eigenvalue weighted by molar-refractivity contribution is 7.88. The first-order chi connectivity index (χ1) is 56.8. The summed E-state index contributed by atoms with van der Waals surface area (Å²) in [6, 6.07) is 39.2. The van der Waals surface area contributed by atoms with Crippen molar-refractivity contribution in [3.05, 3.63) is 256 Å². The lowest BCUT2D eigenvalue weighted by Crippen LogP contribution is -2.35. The Kier molecular flexibility index (Phi) is 28.5. The molecule has 4 aromatic carbocycles. The zero-order valence-electron chi connectivity index (χ0n) is 65.4. The molecule has 2 aliphatic rings. The van der Waals surface area contributed by atoms with E-state index in [4.69, 9.17) is 33.6 Å². The smallest absolute Gasteiger partial charge is 0.506 e. The number of benzene rings is 4. The maximum absolute atomic E-state index is 13.5. The van der Waals surface area contributed by atoms with Crippen LogP contribution in [-0.4, -0.2) is 128 Å². The van der Waals surface area contributed by atoms with E-state index in [1.54, 1.807) is 57.2 Å². The molecule has 0 radical (unpaired) electrons. The maximum atomic E-state index is 13.5. The summed E-state index contributed by atoms with van der Waals surface area (Å²) in [5.74, 6) is -4.75. The van der Waals surface area contributed by atoms with E-state index in [1.807, 2.05) is 105 Å². The van der Waals surface area contributed by atoms with Crippen LogP contribution in [0.4, 0.5) is 24.5 Å². The number of hydrogen-bond acceptors (Lipinski definition) is 28. The van der Waals surface area contributed by atoms with Crippen molar-refractivity contribution in [1.82, 2.24) is 58.8 Å². The summed E-state index contributed by atoms with van der Waals surface area (Å²) >= 11 is 0. The number of halogens is 3. The van der Waals surface area contributed by atoms with Crippen LogP contribution in [0.3, 0.4) is 0 Å². The van der Waals surface area contributed by atoms with Crippen molar-refractivity contribution in [2.24, 2.45) is 0 Å². The van der Waals surface area contributed by atoms with Crippen LogP contribution in [0.1, 0.15) is 161 Å². The van der Waals surface area contributed by atoms with Gasteiger partial charge in [-0.1, -0.05) is 160 Å². The van der Waals surface area contributed by atoms with E-state index in [1.165, 1.54) is 63.2 Å². The number of hydrogen-bond donors (Lipinski definition) is 3. The Balaban J connectivity index is 0.000000155. The molecule has 3 N–H and O–H groups in total. The number of aryl methyl sites for hydroxylation is 4. The van der Waals surface area contributed by atoms with Crippen LogP contribution in [0.5, 0.6) is 11.5 Å². The molecule has 2 fully saturated rings. The first-order valence-electron chi connectivity index (χ1n) is 37.9. The summed E-state index contributed by atoms with van der Waals surface area (Å²) in [4.78, 5) is 146. The number of ether oxygens (including phenoxy) is 3. The monoisotopic (exact) mass is 1640 g/mol. The number of fused-ring (bicyclic) bond motifs is 4. The zero-order valence-corrected chi connectivity index (χ0v) is 66.2. The number of nitrogens with zero attached hydrogens (tertiary/aromatic N) is 12. The number of rotatable bonds is 24. The van der Waals surface area contributed by atoms with E-state index in [9.17, 15) is 60.3 Å². The number of carbonyl (C=O) groups is 3. The van der Waals surface area contributed by atoms with Crippen molar-refractivity contribution in [2.45, 2.75) is 157 Å². The summed E-state index contributed by atoms with van der Waals surface area (Å²) < 4.78 is 85.5. The molecule has 118 heavy (non-hydrogen) atoms. The van der Waals surface area contributed by atoms with Crippen molar-refractivity contribution in [3.63, 3.8) is 0 Å². The molecule has 8 heterocycles. The molecule has 0 saturated heterocycles. The Hall–Kier alpha value is -13.4. The molecule has 12 aromatic rings. The predicted molar refractivity (Wildman–Crippen MR) is 427 cm³/mol. The molecule has 14 rings (SSSR count). The van der Waals surface area contributed by atoms with E-state index in [0.29, 0.717) is 56.7 Å². The number of anilines is 2. The largest absolute Gasteiger partial charge is 0.534 e. The van der Waals surface area contributed by atoms with Gasteiger partial charge in [0, 0.05) is 18.2 Å². The quantitative estimate of drug-likeness (QED) is 0.0219. The van der Waals surface area contributed by atoms with E-state index in [2.05, 4.69) is 54.7 Å². The Morgan fingerprint density at radius 1 is 0.441 bits per heavy atom. The summed E-state index contributed by atoms with van der Waals surface area (Å²) in [6.45, 7) is 11.7. The molecule has 0 unspecified atom stereocenters. The number of aromatic nitrogens is 12. The summed E-state index contributed by atoms with van der Waals surface area (Å²) in [7, 11) is -6.27. The first kappa shape index (κ1) is 85.5. The number of aromatic hydroxyl groups is 1. The lowest BCUT2D eigenvalue weighted by molar-refractivity contribution is -0.0500. The molecule has 36 heteroatoms. The number of esters is 3. The molecule has 0 amide bonds. The average molecular weight is 1640 g/mol. The fourth-order valence-corrected chi connectivity index (χ4v) is 13.6. The molecule has 2 saturated carbocycles. The molecule has 8 aromatic heterocycles. The summed E-state index contributed by atoms with van der Waals surface area (Å²) in [5, 5.41) is 18.6. The fourth-order valence-electron chi connectivity index (χ4n) is 13.2. The van der Waals surface area contributed by atoms with Gasteiger partial charge in [0.15, 0.2) is 45.0 Å². The molecule has 0 bridgehead atoms. The van der Waals surface area contributed by atoms with Crippen molar-refractivity contribution in [1.29, 1.82) is 0 Å². The highest BCUT2D eigenvalue weighted by Crippen LogP contribution is 2.36. The lowest BCUT2D eigenvalue weighted by atomic mass is 9.94. The molecule has 32 nitrogen and oxygen atoms in total. The lowest BCUT2D eigenvalue weighted by Gasteiger charge is -2.26. The van der Waals surface area contributed by atoms with Crippen LogP contribution in [0.15, 0.2) is 172 Å². The minimum Gasteiger partial charge on any atom is -0.506 e. The third-order valence-electron chi connectivity index (χ3n) is 18.8. The minimum absolute atomic E-state index is 0.0604. The van der Waals surface area contributed by atoms with Gasteiger partial charge in [0.2, 0.25) is 0 Å². The fraction of sp³-hybridized carbons (Fsp3) is 0.329. The van der Waals surface area contributed by atoms with Crippen LogP contribution < -0.4 is 56.4 Å². The molecule has 618 valence electrons. The zero-order chi connectivity index (χ0) is 84.2. The van der Waals surface area contributed by atoms with E-state index >= 15 is 0 Å². The second-order valence-corrected chi connectivity index (χ2v) is 28.5.